The van der Waals surface area contributed by atoms with Gasteiger partial charge < -0.3 is 14.8 Å². The molecule has 156 valence electrons. The van der Waals surface area contributed by atoms with Crippen LogP contribution in [0.4, 0.5) is 15.8 Å². The molecule has 0 saturated carbocycles. The van der Waals surface area contributed by atoms with Gasteiger partial charge in [-0.2, -0.15) is 0 Å². The summed E-state index contributed by atoms with van der Waals surface area (Å²) < 4.78 is 51.6. The van der Waals surface area contributed by atoms with Gasteiger partial charge in [0.05, 0.1) is 30.5 Å². The van der Waals surface area contributed by atoms with Crippen molar-refractivity contribution in [2.24, 2.45) is 0 Å². The number of para-hydroxylation sites is 1. The second-order valence-corrected chi connectivity index (χ2v) is 7.82. The monoisotopic (exact) mass is 430 g/mol. The van der Waals surface area contributed by atoms with Crippen LogP contribution in [0.15, 0.2) is 71.6 Å². The van der Waals surface area contributed by atoms with E-state index < -0.39 is 21.7 Å². The molecule has 7 nitrogen and oxygen atoms in total. The van der Waals surface area contributed by atoms with E-state index in [1.807, 2.05) is 0 Å². The summed E-state index contributed by atoms with van der Waals surface area (Å²) in [7, 11) is -1.14. The molecule has 0 heterocycles. The molecule has 9 heteroatoms. The SMILES string of the molecule is COc1ccc(NC(=O)c2cccc(S(=O)(=O)Nc3ccccc3F)c2)c(OC)c1. The maximum absolute atomic E-state index is 13.8. The number of sulfonamides is 1. The van der Waals surface area contributed by atoms with E-state index in [9.17, 15) is 17.6 Å². The second kappa shape index (κ2) is 8.83. The molecule has 0 radical (unpaired) electrons. The van der Waals surface area contributed by atoms with E-state index in [0.717, 1.165) is 6.07 Å². The lowest BCUT2D eigenvalue weighted by Gasteiger charge is -2.13. The van der Waals surface area contributed by atoms with E-state index in [4.69, 9.17) is 9.47 Å². The fourth-order valence-electron chi connectivity index (χ4n) is 2.65. The fourth-order valence-corrected chi connectivity index (χ4v) is 3.76. The molecule has 0 saturated heterocycles. The number of benzene rings is 3. The molecule has 0 aromatic heterocycles. The van der Waals surface area contributed by atoms with Gasteiger partial charge in [0.1, 0.15) is 17.3 Å². The van der Waals surface area contributed by atoms with E-state index in [1.165, 1.54) is 56.7 Å². The number of hydrogen-bond acceptors (Lipinski definition) is 5. The minimum Gasteiger partial charge on any atom is -0.497 e. The van der Waals surface area contributed by atoms with Crippen LogP contribution in [-0.2, 0) is 10.0 Å². The molecule has 3 rings (SSSR count). The van der Waals surface area contributed by atoms with Gasteiger partial charge in [-0.25, -0.2) is 12.8 Å². The van der Waals surface area contributed by atoms with Crippen LogP contribution >= 0.6 is 0 Å². The number of methoxy groups -OCH3 is 2. The van der Waals surface area contributed by atoms with Crippen molar-refractivity contribution in [3.63, 3.8) is 0 Å². The van der Waals surface area contributed by atoms with Crippen molar-refractivity contribution in [1.82, 2.24) is 0 Å². The first-order valence-electron chi connectivity index (χ1n) is 8.75. The van der Waals surface area contributed by atoms with Gasteiger partial charge in [-0.15, -0.1) is 0 Å². The van der Waals surface area contributed by atoms with Crippen molar-refractivity contribution in [2.75, 3.05) is 24.3 Å². The summed E-state index contributed by atoms with van der Waals surface area (Å²) in [5.41, 5.74) is 0.306. The Morgan fingerprint density at radius 3 is 2.37 bits per heavy atom. The van der Waals surface area contributed by atoms with E-state index >= 15 is 0 Å². The van der Waals surface area contributed by atoms with Crippen LogP contribution in [0.2, 0.25) is 0 Å². The Balaban J connectivity index is 1.84. The molecule has 0 spiro atoms. The smallest absolute Gasteiger partial charge is 0.262 e. The summed E-state index contributed by atoms with van der Waals surface area (Å²) in [5.74, 6) is -0.312. The van der Waals surface area contributed by atoms with Crippen molar-refractivity contribution in [1.29, 1.82) is 0 Å². The molecule has 0 bridgehead atoms. The zero-order valence-corrected chi connectivity index (χ0v) is 17.0. The van der Waals surface area contributed by atoms with Crippen molar-refractivity contribution in [3.05, 3.63) is 78.1 Å². The lowest BCUT2D eigenvalue weighted by molar-refractivity contribution is 0.102. The summed E-state index contributed by atoms with van der Waals surface area (Å²) in [4.78, 5) is 12.5. The highest BCUT2D eigenvalue weighted by atomic mass is 32.2. The Bertz CT molecular complexity index is 1180. The largest absolute Gasteiger partial charge is 0.497 e. The van der Waals surface area contributed by atoms with Crippen LogP contribution in [0, 0.1) is 5.82 Å². The van der Waals surface area contributed by atoms with Crippen LogP contribution in [-0.4, -0.2) is 28.5 Å². The zero-order chi connectivity index (χ0) is 21.7. The number of amides is 1. The zero-order valence-electron chi connectivity index (χ0n) is 16.2. The average Bonchev–Trinajstić information content (AvgIpc) is 2.75. The van der Waals surface area contributed by atoms with Gasteiger partial charge in [0.25, 0.3) is 15.9 Å². The highest BCUT2D eigenvalue weighted by Gasteiger charge is 2.19. The fraction of sp³-hybridized carbons (Fsp3) is 0.0952. The molecular weight excluding hydrogens is 411 g/mol. The molecule has 0 unspecified atom stereocenters. The quantitative estimate of drug-likeness (QED) is 0.593. The number of carbonyl (C=O) groups is 1. The summed E-state index contributed by atoms with van der Waals surface area (Å²) in [5, 5.41) is 2.67. The Kier molecular flexibility index (Phi) is 6.22. The van der Waals surface area contributed by atoms with Crippen molar-refractivity contribution in [3.8, 4) is 11.5 Å². The number of nitrogens with one attached hydrogen (secondary N) is 2. The number of carbonyl (C=O) groups excluding carboxylic acids is 1. The standard InChI is InChI=1S/C21H19FN2O5S/c1-28-15-10-11-19(20(13-15)29-2)23-21(25)14-6-5-7-16(12-14)30(26,27)24-18-9-4-3-8-17(18)22/h3-13,24H,1-2H3,(H,23,25). The van der Waals surface area contributed by atoms with Gasteiger partial charge in [-0.05, 0) is 42.5 Å². The molecule has 0 atom stereocenters. The normalized spacial score (nSPS) is 10.9. The van der Waals surface area contributed by atoms with Crippen LogP contribution in [0.3, 0.4) is 0 Å². The van der Waals surface area contributed by atoms with Crippen LogP contribution in [0.5, 0.6) is 11.5 Å². The number of anilines is 2. The van der Waals surface area contributed by atoms with Gasteiger partial charge in [0.2, 0.25) is 0 Å². The maximum Gasteiger partial charge on any atom is 0.262 e. The first kappa shape index (κ1) is 21.1. The minimum atomic E-state index is -4.10. The topological polar surface area (TPSA) is 93.7 Å². The average molecular weight is 430 g/mol. The molecule has 30 heavy (non-hydrogen) atoms. The van der Waals surface area contributed by atoms with Crippen LogP contribution in [0.25, 0.3) is 0 Å². The predicted octanol–water partition coefficient (Wildman–Crippen LogP) is 3.90. The van der Waals surface area contributed by atoms with Crippen molar-refractivity contribution >= 4 is 27.3 Å². The maximum atomic E-state index is 13.8. The number of rotatable bonds is 7. The summed E-state index contributed by atoms with van der Waals surface area (Å²) in [6.45, 7) is 0. The lowest BCUT2D eigenvalue weighted by Crippen LogP contribution is -2.16. The van der Waals surface area contributed by atoms with E-state index in [1.54, 1.807) is 18.2 Å². The van der Waals surface area contributed by atoms with Crippen LogP contribution < -0.4 is 19.5 Å². The predicted molar refractivity (Wildman–Crippen MR) is 111 cm³/mol. The molecular formula is C21H19FN2O5S. The minimum absolute atomic E-state index is 0.101. The first-order chi connectivity index (χ1) is 14.3. The summed E-state index contributed by atoms with van der Waals surface area (Å²) in [6.07, 6.45) is 0. The lowest BCUT2D eigenvalue weighted by atomic mass is 10.2. The third kappa shape index (κ3) is 4.69. The Morgan fingerprint density at radius 1 is 0.900 bits per heavy atom. The molecule has 2 N–H and O–H groups in total. The molecule has 0 aliphatic carbocycles. The van der Waals surface area contributed by atoms with Gasteiger partial charge in [0, 0.05) is 11.6 Å². The molecule has 0 fully saturated rings. The number of hydrogen-bond donors (Lipinski definition) is 2. The Morgan fingerprint density at radius 2 is 1.67 bits per heavy atom. The molecule has 3 aromatic rings. The second-order valence-electron chi connectivity index (χ2n) is 6.13. The Hall–Kier alpha value is -3.59. The van der Waals surface area contributed by atoms with Crippen molar-refractivity contribution < 1.29 is 27.1 Å². The third-order valence-corrected chi connectivity index (χ3v) is 5.54. The van der Waals surface area contributed by atoms with Gasteiger partial charge in [0.15, 0.2) is 0 Å². The van der Waals surface area contributed by atoms with E-state index in [-0.39, 0.29) is 16.1 Å². The molecule has 0 aliphatic heterocycles. The van der Waals surface area contributed by atoms with E-state index in [0.29, 0.717) is 17.2 Å². The number of halogens is 1. The van der Waals surface area contributed by atoms with Gasteiger partial charge in [-0.3, -0.25) is 9.52 Å². The van der Waals surface area contributed by atoms with E-state index in [2.05, 4.69) is 10.0 Å². The number of ether oxygens (including phenoxy) is 2. The third-order valence-electron chi connectivity index (χ3n) is 4.18. The van der Waals surface area contributed by atoms with Crippen LogP contribution in [0.1, 0.15) is 10.4 Å². The molecule has 1 amide bonds. The Labute approximate surface area is 173 Å². The van der Waals surface area contributed by atoms with Gasteiger partial charge >= 0.3 is 0 Å². The van der Waals surface area contributed by atoms with Gasteiger partial charge in [-0.1, -0.05) is 18.2 Å². The molecule has 0 aliphatic rings. The molecule has 3 aromatic carbocycles. The highest BCUT2D eigenvalue weighted by molar-refractivity contribution is 7.92. The summed E-state index contributed by atoms with van der Waals surface area (Å²) in [6, 6.07) is 15.7. The highest BCUT2D eigenvalue weighted by Crippen LogP contribution is 2.29. The first-order valence-corrected chi connectivity index (χ1v) is 10.2. The van der Waals surface area contributed by atoms with Crippen molar-refractivity contribution in [2.45, 2.75) is 4.90 Å². The summed E-state index contributed by atoms with van der Waals surface area (Å²) >= 11 is 0.